The molecule has 0 aliphatic carbocycles. The van der Waals surface area contributed by atoms with E-state index < -0.39 is 15.9 Å². The van der Waals surface area contributed by atoms with E-state index in [9.17, 15) is 9.00 Å². The molecule has 0 saturated carbocycles. The summed E-state index contributed by atoms with van der Waals surface area (Å²) in [5.41, 5.74) is 0.359. The standard InChI is InChI=1S/C19H15NO3S/c21-19(16-10-4-1-5-11-16)20-24(22,18-14-8-3-9-15-18)23-17-12-6-2-7-13-17/h1-15H. The van der Waals surface area contributed by atoms with Crippen molar-refractivity contribution >= 4 is 15.9 Å². The molecular weight excluding hydrogens is 322 g/mol. The average molecular weight is 337 g/mol. The molecule has 0 spiro atoms. The SMILES string of the molecule is O=C(N=S(=O)(Oc1ccccc1)c1ccccc1)c1ccccc1. The van der Waals surface area contributed by atoms with Gasteiger partial charge in [-0.1, -0.05) is 54.6 Å². The first-order valence-corrected chi connectivity index (χ1v) is 8.77. The first kappa shape index (κ1) is 16.0. The number of amides is 1. The van der Waals surface area contributed by atoms with Crippen molar-refractivity contribution in [3.63, 3.8) is 0 Å². The Kier molecular flexibility index (Phi) is 4.72. The minimum absolute atomic E-state index is 0.345. The molecule has 5 heteroatoms. The summed E-state index contributed by atoms with van der Waals surface area (Å²) < 4.78 is 22.9. The molecule has 0 radical (unpaired) electrons. The van der Waals surface area contributed by atoms with Crippen molar-refractivity contribution < 1.29 is 13.2 Å². The summed E-state index contributed by atoms with van der Waals surface area (Å²) in [7, 11) is -3.39. The quantitative estimate of drug-likeness (QED) is 0.711. The Bertz CT molecular complexity index is 932. The average Bonchev–Trinajstić information content (AvgIpc) is 2.64. The van der Waals surface area contributed by atoms with Gasteiger partial charge in [-0.05, 0) is 36.4 Å². The van der Waals surface area contributed by atoms with Gasteiger partial charge in [-0.15, -0.1) is 4.36 Å². The van der Waals surface area contributed by atoms with Gasteiger partial charge in [0, 0.05) is 5.56 Å². The number of para-hydroxylation sites is 1. The molecule has 0 bridgehead atoms. The van der Waals surface area contributed by atoms with E-state index in [0.717, 1.165) is 0 Å². The largest absolute Gasteiger partial charge is 0.392 e. The second-order valence-electron chi connectivity index (χ2n) is 4.95. The van der Waals surface area contributed by atoms with Crippen LogP contribution < -0.4 is 4.18 Å². The molecule has 1 amide bonds. The summed E-state index contributed by atoms with van der Waals surface area (Å²) in [5, 5.41) is 0. The molecule has 0 heterocycles. The number of nitrogens with zero attached hydrogens (tertiary/aromatic N) is 1. The van der Waals surface area contributed by atoms with Gasteiger partial charge < -0.3 is 4.18 Å². The summed E-state index contributed by atoms with van der Waals surface area (Å²) in [6.45, 7) is 0. The lowest BCUT2D eigenvalue weighted by Crippen LogP contribution is -2.12. The number of hydrogen-bond donors (Lipinski definition) is 0. The molecule has 0 aliphatic rings. The number of benzene rings is 3. The molecule has 1 unspecified atom stereocenters. The van der Waals surface area contributed by atoms with Crippen LogP contribution in [0.4, 0.5) is 0 Å². The van der Waals surface area contributed by atoms with Gasteiger partial charge in [0.2, 0.25) is 10.0 Å². The molecule has 120 valence electrons. The second-order valence-corrected chi connectivity index (χ2v) is 6.72. The lowest BCUT2D eigenvalue weighted by Gasteiger charge is -2.11. The first-order chi connectivity index (χ1) is 11.7. The molecule has 0 fully saturated rings. The van der Waals surface area contributed by atoms with Gasteiger partial charge >= 0.3 is 0 Å². The van der Waals surface area contributed by atoms with Crippen LogP contribution in [0.3, 0.4) is 0 Å². The van der Waals surface area contributed by atoms with Crippen LogP contribution >= 0.6 is 0 Å². The second kappa shape index (κ2) is 7.10. The Labute approximate surface area is 141 Å². The van der Waals surface area contributed by atoms with Crippen LogP contribution in [0.25, 0.3) is 0 Å². The lowest BCUT2D eigenvalue weighted by molar-refractivity contribution is 0.100. The normalized spacial score (nSPS) is 12.8. The smallest absolute Gasteiger partial charge is 0.287 e. The third kappa shape index (κ3) is 3.70. The third-order valence-corrected chi connectivity index (χ3v) is 4.91. The van der Waals surface area contributed by atoms with Gasteiger partial charge in [0.05, 0.1) is 4.90 Å². The predicted octanol–water partition coefficient (Wildman–Crippen LogP) is 4.35. The highest BCUT2D eigenvalue weighted by atomic mass is 32.2. The van der Waals surface area contributed by atoms with Crippen molar-refractivity contribution in [1.82, 2.24) is 0 Å². The predicted molar refractivity (Wildman–Crippen MR) is 93.1 cm³/mol. The Morgan fingerprint density at radius 2 is 1.25 bits per heavy atom. The van der Waals surface area contributed by atoms with Crippen molar-refractivity contribution in [3.05, 3.63) is 96.6 Å². The molecule has 1 atom stereocenters. The van der Waals surface area contributed by atoms with E-state index in [1.807, 2.05) is 6.07 Å². The molecule has 0 aliphatic heterocycles. The third-order valence-electron chi connectivity index (χ3n) is 3.22. The Balaban J connectivity index is 2.07. The highest BCUT2D eigenvalue weighted by Gasteiger charge is 2.18. The van der Waals surface area contributed by atoms with E-state index >= 15 is 0 Å². The Hall–Kier alpha value is -2.92. The fourth-order valence-electron chi connectivity index (χ4n) is 2.06. The minimum atomic E-state index is -3.39. The van der Waals surface area contributed by atoms with Gasteiger partial charge in [0.15, 0.2) is 0 Å². The fraction of sp³-hybridized carbons (Fsp3) is 0. The van der Waals surface area contributed by atoms with E-state index in [2.05, 4.69) is 4.36 Å². The first-order valence-electron chi connectivity index (χ1n) is 7.33. The molecule has 3 aromatic rings. The number of hydrogen-bond acceptors (Lipinski definition) is 3. The monoisotopic (exact) mass is 337 g/mol. The highest BCUT2D eigenvalue weighted by molar-refractivity contribution is 7.89. The summed E-state index contributed by atoms with van der Waals surface area (Å²) >= 11 is 0. The molecular formula is C19H15NO3S. The van der Waals surface area contributed by atoms with Crippen LogP contribution in [-0.2, 0) is 10.0 Å². The van der Waals surface area contributed by atoms with Crippen molar-refractivity contribution in [2.24, 2.45) is 4.36 Å². The van der Waals surface area contributed by atoms with Crippen molar-refractivity contribution in [1.29, 1.82) is 0 Å². The molecule has 3 aromatic carbocycles. The van der Waals surface area contributed by atoms with Gasteiger partial charge in [0.25, 0.3) is 5.91 Å². The number of carbonyl (C=O) groups excluding carboxylic acids is 1. The van der Waals surface area contributed by atoms with E-state index in [0.29, 0.717) is 16.2 Å². The molecule has 0 aromatic heterocycles. The topological polar surface area (TPSA) is 55.7 Å². The van der Waals surface area contributed by atoms with Crippen LogP contribution in [0.15, 0.2) is 100 Å². The van der Waals surface area contributed by atoms with Crippen molar-refractivity contribution in [2.45, 2.75) is 4.90 Å². The highest BCUT2D eigenvalue weighted by Crippen LogP contribution is 2.21. The number of carbonyl (C=O) groups is 1. The van der Waals surface area contributed by atoms with E-state index in [-0.39, 0.29) is 0 Å². The van der Waals surface area contributed by atoms with Gasteiger partial charge in [-0.2, -0.15) is 0 Å². The molecule has 3 rings (SSSR count). The fourth-order valence-corrected chi connectivity index (χ4v) is 3.50. The van der Waals surface area contributed by atoms with E-state index in [1.54, 1.807) is 84.9 Å². The van der Waals surface area contributed by atoms with E-state index in [1.165, 1.54) is 0 Å². The zero-order chi connectivity index (χ0) is 16.8. The van der Waals surface area contributed by atoms with Crippen LogP contribution in [0.5, 0.6) is 5.75 Å². The summed E-state index contributed by atoms with van der Waals surface area (Å²) in [6, 6.07) is 25.7. The van der Waals surface area contributed by atoms with Gasteiger partial charge in [-0.3, -0.25) is 4.79 Å². The summed E-state index contributed by atoms with van der Waals surface area (Å²) in [6.07, 6.45) is 0. The maximum Gasteiger partial charge on any atom is 0.287 e. The molecule has 4 nitrogen and oxygen atoms in total. The zero-order valence-electron chi connectivity index (χ0n) is 12.7. The molecule has 0 N–H and O–H groups in total. The van der Waals surface area contributed by atoms with Crippen LogP contribution in [0, 0.1) is 0 Å². The van der Waals surface area contributed by atoms with Gasteiger partial charge in [-0.25, -0.2) is 4.21 Å². The maximum atomic E-state index is 13.3. The maximum absolute atomic E-state index is 13.3. The molecule has 0 saturated heterocycles. The van der Waals surface area contributed by atoms with E-state index in [4.69, 9.17) is 4.18 Å². The van der Waals surface area contributed by atoms with Crippen molar-refractivity contribution in [3.8, 4) is 5.75 Å². The lowest BCUT2D eigenvalue weighted by atomic mass is 10.2. The van der Waals surface area contributed by atoms with Crippen LogP contribution in [0.1, 0.15) is 10.4 Å². The van der Waals surface area contributed by atoms with Crippen LogP contribution in [-0.4, -0.2) is 10.1 Å². The Morgan fingerprint density at radius 1 is 0.750 bits per heavy atom. The summed E-state index contributed by atoms with van der Waals surface area (Å²) in [4.78, 5) is 12.7. The molecule has 24 heavy (non-hydrogen) atoms. The van der Waals surface area contributed by atoms with Crippen molar-refractivity contribution in [2.75, 3.05) is 0 Å². The summed E-state index contributed by atoms with van der Waals surface area (Å²) in [5.74, 6) is -0.198. The van der Waals surface area contributed by atoms with Crippen LogP contribution in [0.2, 0.25) is 0 Å². The zero-order valence-corrected chi connectivity index (χ0v) is 13.6. The van der Waals surface area contributed by atoms with Gasteiger partial charge in [0.1, 0.15) is 5.75 Å². The number of rotatable bonds is 4. The minimum Gasteiger partial charge on any atom is -0.392 e. The Morgan fingerprint density at radius 3 is 1.83 bits per heavy atom.